The first-order valence-electron chi connectivity index (χ1n) is 5.12. The number of amides is 1. The Bertz CT molecular complexity index is 563. The molecule has 17 heavy (non-hydrogen) atoms. The monoisotopic (exact) mass is 293 g/mol. The first-order chi connectivity index (χ1) is 8.08. The molecule has 0 bridgehead atoms. The lowest BCUT2D eigenvalue weighted by Crippen LogP contribution is -2.15. The van der Waals surface area contributed by atoms with Crippen LogP contribution in [-0.4, -0.2) is 15.5 Å². The summed E-state index contributed by atoms with van der Waals surface area (Å²) in [4.78, 5) is 15.9. The number of aryl methyl sites for hydroxylation is 2. The zero-order chi connectivity index (χ0) is 12.4. The number of imidazole rings is 1. The Morgan fingerprint density at radius 3 is 2.82 bits per heavy atom. The van der Waals surface area contributed by atoms with Gasteiger partial charge in [0.05, 0.1) is 18.2 Å². The molecule has 0 saturated heterocycles. The first-order valence-corrected chi connectivity index (χ1v) is 5.91. The van der Waals surface area contributed by atoms with Crippen molar-refractivity contribution in [2.75, 3.05) is 5.32 Å². The highest BCUT2D eigenvalue weighted by atomic mass is 79.9. The van der Waals surface area contributed by atoms with E-state index < -0.39 is 0 Å². The molecule has 1 aromatic heterocycles. The Morgan fingerprint density at radius 2 is 2.24 bits per heavy atom. The fourth-order valence-corrected chi connectivity index (χ4v) is 2.08. The maximum Gasteiger partial charge on any atom is 0.273 e. The highest BCUT2D eigenvalue weighted by Gasteiger charge is 2.11. The summed E-state index contributed by atoms with van der Waals surface area (Å²) in [5, 5.41) is 2.83. The van der Waals surface area contributed by atoms with Crippen LogP contribution < -0.4 is 5.32 Å². The molecule has 0 spiro atoms. The van der Waals surface area contributed by atoms with Crippen molar-refractivity contribution in [1.82, 2.24) is 9.55 Å². The molecule has 1 aromatic carbocycles. The number of hydrogen-bond acceptors (Lipinski definition) is 2. The van der Waals surface area contributed by atoms with E-state index in [9.17, 15) is 4.79 Å². The van der Waals surface area contributed by atoms with Crippen LogP contribution in [0.1, 0.15) is 16.1 Å². The predicted molar refractivity (Wildman–Crippen MR) is 70.0 cm³/mol. The first kappa shape index (κ1) is 11.9. The number of hydrogen-bond donors (Lipinski definition) is 1. The molecule has 0 fully saturated rings. The minimum atomic E-state index is -0.172. The molecule has 0 saturated carbocycles. The van der Waals surface area contributed by atoms with Gasteiger partial charge in [-0.15, -0.1) is 0 Å². The van der Waals surface area contributed by atoms with Gasteiger partial charge in [0.2, 0.25) is 0 Å². The molecule has 4 nitrogen and oxygen atoms in total. The van der Waals surface area contributed by atoms with Crippen LogP contribution in [0, 0.1) is 6.92 Å². The standard InChI is InChI=1S/C12H12BrN3O/c1-8-3-4-10(9(13)5-8)15-12(17)11-6-14-7-16(11)2/h3-7H,1-2H3,(H,15,17). The van der Waals surface area contributed by atoms with Crippen molar-refractivity contribution in [2.24, 2.45) is 7.05 Å². The number of rotatable bonds is 2. The predicted octanol–water partition coefficient (Wildman–Crippen LogP) is 2.74. The van der Waals surface area contributed by atoms with Crippen molar-refractivity contribution in [2.45, 2.75) is 6.92 Å². The highest BCUT2D eigenvalue weighted by molar-refractivity contribution is 9.10. The van der Waals surface area contributed by atoms with Crippen LogP contribution in [0.2, 0.25) is 0 Å². The molecule has 1 N–H and O–H groups in total. The van der Waals surface area contributed by atoms with Crippen molar-refractivity contribution < 1.29 is 4.79 Å². The summed E-state index contributed by atoms with van der Waals surface area (Å²) >= 11 is 3.42. The minimum Gasteiger partial charge on any atom is -0.330 e. The smallest absolute Gasteiger partial charge is 0.273 e. The second-order valence-electron chi connectivity index (χ2n) is 3.83. The van der Waals surface area contributed by atoms with Gasteiger partial charge < -0.3 is 9.88 Å². The zero-order valence-electron chi connectivity index (χ0n) is 9.57. The van der Waals surface area contributed by atoms with Crippen LogP contribution >= 0.6 is 15.9 Å². The van der Waals surface area contributed by atoms with Gasteiger partial charge in [0.15, 0.2) is 0 Å². The molecule has 0 aliphatic heterocycles. The summed E-state index contributed by atoms with van der Waals surface area (Å²) < 4.78 is 2.55. The van der Waals surface area contributed by atoms with Gasteiger partial charge in [-0.05, 0) is 40.5 Å². The number of nitrogens with zero attached hydrogens (tertiary/aromatic N) is 2. The Labute approximate surface area is 108 Å². The molecular weight excluding hydrogens is 282 g/mol. The Balaban J connectivity index is 2.22. The van der Waals surface area contributed by atoms with Gasteiger partial charge in [0.1, 0.15) is 5.69 Å². The van der Waals surface area contributed by atoms with Gasteiger partial charge >= 0.3 is 0 Å². The van der Waals surface area contributed by atoms with Crippen molar-refractivity contribution in [3.05, 3.63) is 46.5 Å². The highest BCUT2D eigenvalue weighted by Crippen LogP contribution is 2.23. The van der Waals surface area contributed by atoms with E-state index in [1.54, 1.807) is 17.9 Å². The van der Waals surface area contributed by atoms with Crippen molar-refractivity contribution in [1.29, 1.82) is 0 Å². The molecule has 0 aliphatic carbocycles. The number of aromatic nitrogens is 2. The Morgan fingerprint density at radius 1 is 1.47 bits per heavy atom. The number of carbonyl (C=O) groups excluding carboxylic acids is 1. The zero-order valence-corrected chi connectivity index (χ0v) is 11.2. The van der Waals surface area contributed by atoms with Gasteiger partial charge in [-0.25, -0.2) is 4.98 Å². The number of carbonyl (C=O) groups is 1. The third-order valence-corrected chi connectivity index (χ3v) is 3.08. The van der Waals surface area contributed by atoms with Crippen LogP contribution in [0.3, 0.4) is 0 Å². The molecule has 88 valence electrons. The summed E-state index contributed by atoms with van der Waals surface area (Å²) in [5.74, 6) is -0.172. The number of nitrogens with one attached hydrogen (secondary N) is 1. The largest absolute Gasteiger partial charge is 0.330 e. The average molecular weight is 294 g/mol. The van der Waals surface area contributed by atoms with E-state index >= 15 is 0 Å². The number of benzene rings is 1. The van der Waals surface area contributed by atoms with Crippen molar-refractivity contribution >= 4 is 27.5 Å². The van der Waals surface area contributed by atoms with Crippen LogP contribution in [0.15, 0.2) is 35.2 Å². The third kappa shape index (κ3) is 2.55. The molecule has 0 radical (unpaired) electrons. The maximum absolute atomic E-state index is 11.9. The lowest BCUT2D eigenvalue weighted by molar-refractivity contribution is 0.101. The Hall–Kier alpha value is -1.62. The number of halogens is 1. The quantitative estimate of drug-likeness (QED) is 0.925. The van der Waals surface area contributed by atoms with E-state index in [4.69, 9.17) is 0 Å². The van der Waals surface area contributed by atoms with Gasteiger partial charge in [-0.3, -0.25) is 4.79 Å². The summed E-state index contributed by atoms with van der Waals surface area (Å²) in [6.07, 6.45) is 3.14. The topological polar surface area (TPSA) is 46.9 Å². The van der Waals surface area contributed by atoms with Gasteiger partial charge in [0, 0.05) is 11.5 Å². The normalized spacial score (nSPS) is 10.3. The second kappa shape index (κ2) is 4.71. The SMILES string of the molecule is Cc1ccc(NC(=O)c2cncn2C)c(Br)c1. The fourth-order valence-electron chi connectivity index (χ4n) is 1.48. The van der Waals surface area contributed by atoms with Crippen LogP contribution in [0.4, 0.5) is 5.69 Å². The number of anilines is 1. The van der Waals surface area contributed by atoms with Gasteiger partial charge in [-0.1, -0.05) is 6.07 Å². The van der Waals surface area contributed by atoms with Crippen LogP contribution in [-0.2, 0) is 7.05 Å². The summed E-state index contributed by atoms with van der Waals surface area (Å²) in [6, 6.07) is 5.77. The molecule has 1 amide bonds. The van der Waals surface area contributed by atoms with E-state index in [-0.39, 0.29) is 5.91 Å². The maximum atomic E-state index is 11.9. The van der Waals surface area contributed by atoms with E-state index in [1.165, 1.54) is 6.20 Å². The summed E-state index contributed by atoms with van der Waals surface area (Å²) in [7, 11) is 1.78. The molecular formula is C12H12BrN3O. The third-order valence-electron chi connectivity index (χ3n) is 2.42. The fraction of sp³-hybridized carbons (Fsp3) is 0.167. The molecule has 1 heterocycles. The van der Waals surface area contributed by atoms with E-state index in [1.807, 2.05) is 25.1 Å². The lowest BCUT2D eigenvalue weighted by atomic mass is 10.2. The van der Waals surface area contributed by atoms with Gasteiger partial charge in [0.25, 0.3) is 5.91 Å². The van der Waals surface area contributed by atoms with Crippen molar-refractivity contribution in [3.63, 3.8) is 0 Å². The lowest BCUT2D eigenvalue weighted by Gasteiger charge is -2.08. The van der Waals surface area contributed by atoms with E-state index in [0.717, 1.165) is 15.7 Å². The minimum absolute atomic E-state index is 0.172. The molecule has 5 heteroatoms. The van der Waals surface area contributed by atoms with Crippen LogP contribution in [0.5, 0.6) is 0 Å². The van der Waals surface area contributed by atoms with Crippen molar-refractivity contribution in [3.8, 4) is 0 Å². The molecule has 0 aliphatic rings. The van der Waals surface area contributed by atoms with E-state index in [2.05, 4.69) is 26.2 Å². The second-order valence-corrected chi connectivity index (χ2v) is 4.68. The average Bonchev–Trinajstić information content (AvgIpc) is 2.68. The molecule has 0 unspecified atom stereocenters. The molecule has 0 atom stereocenters. The Kier molecular flexibility index (Phi) is 3.28. The van der Waals surface area contributed by atoms with Gasteiger partial charge in [-0.2, -0.15) is 0 Å². The summed E-state index contributed by atoms with van der Waals surface area (Å²) in [6.45, 7) is 2.00. The molecule has 2 rings (SSSR count). The van der Waals surface area contributed by atoms with Crippen LogP contribution in [0.25, 0.3) is 0 Å². The molecule has 2 aromatic rings. The van der Waals surface area contributed by atoms with E-state index in [0.29, 0.717) is 5.69 Å². The summed E-state index contributed by atoms with van der Waals surface area (Å²) in [5.41, 5.74) is 2.41.